The van der Waals surface area contributed by atoms with E-state index in [1.807, 2.05) is 18.2 Å². The summed E-state index contributed by atoms with van der Waals surface area (Å²) in [4.78, 5) is 0. The lowest BCUT2D eigenvalue weighted by molar-refractivity contribution is -0.598. The summed E-state index contributed by atoms with van der Waals surface area (Å²) in [5.74, 6) is 0.967. The number of ether oxygens (including phenoxy) is 4. The van der Waals surface area contributed by atoms with Crippen molar-refractivity contribution in [2.24, 2.45) is 0 Å². The molecule has 0 aliphatic carbocycles. The zero-order valence-electron chi connectivity index (χ0n) is 16.0. The minimum absolute atomic E-state index is 0.229. The molecular formula is C19H24BF4IO4. The largest absolute Gasteiger partial charge is 0.673 e. The van der Waals surface area contributed by atoms with Crippen molar-refractivity contribution in [3.63, 3.8) is 0 Å². The fourth-order valence-electron chi connectivity index (χ4n) is 1.91. The highest BCUT2D eigenvalue weighted by atomic mass is 127. The van der Waals surface area contributed by atoms with Gasteiger partial charge in [-0.15, -0.1) is 0 Å². The van der Waals surface area contributed by atoms with Gasteiger partial charge in [-0.1, -0.05) is 30.3 Å². The molecule has 2 rings (SSSR count). The molecule has 10 heteroatoms. The molecule has 0 aliphatic rings. The molecule has 0 fully saturated rings. The monoisotopic (exact) mass is 530 g/mol. The van der Waals surface area contributed by atoms with E-state index in [0.717, 1.165) is 5.75 Å². The molecule has 0 aromatic heterocycles. The van der Waals surface area contributed by atoms with Crippen LogP contribution in [0.3, 0.4) is 0 Å². The van der Waals surface area contributed by atoms with Crippen molar-refractivity contribution in [3.05, 3.63) is 61.7 Å². The van der Waals surface area contributed by atoms with Crippen molar-refractivity contribution in [1.82, 2.24) is 0 Å². The highest BCUT2D eigenvalue weighted by molar-refractivity contribution is 6.50. The first-order chi connectivity index (χ1) is 13.9. The lowest BCUT2D eigenvalue weighted by Gasteiger charge is -2.07. The number of rotatable bonds is 12. The molecule has 0 spiro atoms. The maximum Gasteiger partial charge on any atom is 0.673 e. The number of hydrogen-bond donors (Lipinski definition) is 0. The van der Waals surface area contributed by atoms with Gasteiger partial charge in [0.2, 0.25) is 3.57 Å². The van der Waals surface area contributed by atoms with Crippen LogP contribution in [-0.2, 0) is 14.2 Å². The number of para-hydroxylation sites is 1. The second-order valence-corrected chi connectivity index (χ2v) is 8.33. The Morgan fingerprint density at radius 3 is 1.86 bits per heavy atom. The summed E-state index contributed by atoms with van der Waals surface area (Å²) in [5, 5.41) is 0. The Balaban J connectivity index is 0.000000749. The smallest absolute Gasteiger partial charge is 0.486 e. The standard InChI is InChI=1S/C19H24IO4.BF4/c1-21-11-12-22-13-14-23-15-16-24-19-10-6-5-9-18(19)20-17-7-3-2-4-8-17;2-1(3,4)5/h2-10H,11-16H2,1H3;/q+1;-1. The molecule has 0 radical (unpaired) electrons. The SMILES string of the molecule is COCCOCCOCCOc1ccccc1[I+]c1ccccc1.F[B-](F)(F)F. The lowest BCUT2D eigenvalue weighted by atomic mass is 10.3. The Bertz CT molecular complexity index is 656. The zero-order chi connectivity index (χ0) is 21.4. The molecule has 4 nitrogen and oxygen atoms in total. The van der Waals surface area contributed by atoms with Crippen LogP contribution in [-0.4, -0.2) is 54.0 Å². The second-order valence-electron chi connectivity index (χ2n) is 5.38. The molecule has 0 N–H and O–H groups in total. The van der Waals surface area contributed by atoms with Crippen LogP contribution in [0.1, 0.15) is 0 Å². The maximum absolute atomic E-state index is 9.75. The van der Waals surface area contributed by atoms with E-state index in [0.29, 0.717) is 39.6 Å². The van der Waals surface area contributed by atoms with Gasteiger partial charge in [0.15, 0.2) is 9.32 Å². The van der Waals surface area contributed by atoms with E-state index >= 15 is 0 Å². The summed E-state index contributed by atoms with van der Waals surface area (Å²) < 4.78 is 63.3. The first-order valence-corrected chi connectivity index (χ1v) is 11.0. The first kappa shape index (κ1) is 25.7. The number of benzene rings is 2. The molecule has 0 heterocycles. The molecular weight excluding hydrogens is 506 g/mol. The molecule has 0 bridgehead atoms. The molecule has 0 saturated heterocycles. The van der Waals surface area contributed by atoms with E-state index in [4.69, 9.17) is 18.9 Å². The van der Waals surface area contributed by atoms with E-state index < -0.39 is 7.25 Å². The van der Waals surface area contributed by atoms with Gasteiger partial charge in [-0.2, -0.15) is 0 Å². The van der Waals surface area contributed by atoms with E-state index in [2.05, 4.69) is 36.4 Å². The van der Waals surface area contributed by atoms with Crippen molar-refractivity contribution in [3.8, 4) is 5.75 Å². The van der Waals surface area contributed by atoms with Crippen LogP contribution in [0.2, 0.25) is 0 Å². The predicted octanol–water partition coefficient (Wildman–Crippen LogP) is 1.17. The second kappa shape index (κ2) is 15.5. The maximum atomic E-state index is 9.75. The molecule has 0 atom stereocenters. The van der Waals surface area contributed by atoms with E-state index in [9.17, 15) is 17.3 Å². The summed E-state index contributed by atoms with van der Waals surface area (Å²) in [5.41, 5.74) is 0. The van der Waals surface area contributed by atoms with E-state index in [1.165, 1.54) is 7.14 Å². The molecule has 0 unspecified atom stereocenters. The topological polar surface area (TPSA) is 36.9 Å². The molecule has 29 heavy (non-hydrogen) atoms. The average molecular weight is 530 g/mol. The number of methoxy groups -OCH3 is 1. The van der Waals surface area contributed by atoms with Crippen molar-refractivity contribution >= 4 is 7.25 Å². The van der Waals surface area contributed by atoms with Crippen molar-refractivity contribution in [2.75, 3.05) is 46.8 Å². The third-order valence-corrected chi connectivity index (χ3v) is 5.88. The molecule has 162 valence electrons. The Morgan fingerprint density at radius 2 is 1.24 bits per heavy atom. The summed E-state index contributed by atoms with van der Waals surface area (Å²) in [6.07, 6.45) is 0. The van der Waals surface area contributed by atoms with E-state index in [-0.39, 0.29) is 21.2 Å². The van der Waals surface area contributed by atoms with Crippen LogP contribution in [0, 0.1) is 7.14 Å². The summed E-state index contributed by atoms with van der Waals surface area (Å²) >= 11 is -0.229. The van der Waals surface area contributed by atoms with Crippen molar-refractivity contribution in [2.45, 2.75) is 0 Å². The fourth-order valence-corrected chi connectivity index (χ4v) is 4.34. The van der Waals surface area contributed by atoms with Gasteiger partial charge in [-0.05, 0) is 24.3 Å². The van der Waals surface area contributed by atoms with Crippen LogP contribution < -0.4 is 25.9 Å². The Hall–Kier alpha value is -1.37. The highest BCUT2D eigenvalue weighted by Gasteiger charge is 2.21. The molecule has 2 aromatic rings. The third kappa shape index (κ3) is 15.2. The van der Waals surface area contributed by atoms with Gasteiger partial charge in [0.1, 0.15) is 6.61 Å². The van der Waals surface area contributed by atoms with Crippen molar-refractivity contribution < 1.29 is 57.4 Å². The highest BCUT2D eigenvalue weighted by Crippen LogP contribution is 2.09. The molecule has 0 amide bonds. The first-order valence-electron chi connectivity index (χ1n) is 8.83. The zero-order valence-corrected chi connectivity index (χ0v) is 18.2. The van der Waals surface area contributed by atoms with Gasteiger partial charge in [0.25, 0.3) is 0 Å². The van der Waals surface area contributed by atoms with Gasteiger partial charge in [-0.25, -0.2) is 0 Å². The Labute approximate surface area is 178 Å². The summed E-state index contributed by atoms with van der Waals surface area (Å²) in [7, 11) is -4.34. The average Bonchev–Trinajstić information content (AvgIpc) is 2.67. The molecule has 0 saturated carbocycles. The minimum atomic E-state index is -6.00. The van der Waals surface area contributed by atoms with Gasteiger partial charge < -0.3 is 36.2 Å². The van der Waals surface area contributed by atoms with Gasteiger partial charge in [-0.3, -0.25) is 0 Å². The van der Waals surface area contributed by atoms with Crippen LogP contribution in [0.4, 0.5) is 17.3 Å². The number of halogens is 5. The summed E-state index contributed by atoms with van der Waals surface area (Å²) in [6, 6.07) is 18.8. The van der Waals surface area contributed by atoms with Crippen molar-refractivity contribution in [1.29, 1.82) is 0 Å². The van der Waals surface area contributed by atoms with Crippen LogP contribution in [0.5, 0.6) is 5.75 Å². The summed E-state index contributed by atoms with van der Waals surface area (Å²) in [6.45, 7) is 3.49. The van der Waals surface area contributed by atoms with Crippen LogP contribution >= 0.6 is 0 Å². The number of hydrogen-bond acceptors (Lipinski definition) is 4. The van der Waals surface area contributed by atoms with Gasteiger partial charge in [0.05, 0.1) is 33.0 Å². The van der Waals surface area contributed by atoms with E-state index in [1.54, 1.807) is 7.11 Å². The molecule has 0 aliphatic heterocycles. The fraction of sp³-hybridized carbons (Fsp3) is 0.368. The van der Waals surface area contributed by atoms with Crippen LogP contribution in [0.15, 0.2) is 54.6 Å². The lowest BCUT2D eigenvalue weighted by Crippen LogP contribution is -3.61. The van der Waals surface area contributed by atoms with Gasteiger partial charge in [0, 0.05) is 7.11 Å². The Morgan fingerprint density at radius 1 is 0.724 bits per heavy atom. The predicted molar refractivity (Wildman–Crippen MR) is 99.5 cm³/mol. The quantitative estimate of drug-likeness (QED) is 0.179. The molecule has 2 aromatic carbocycles. The Kier molecular flexibility index (Phi) is 13.7. The van der Waals surface area contributed by atoms with Crippen LogP contribution in [0.25, 0.3) is 0 Å². The third-order valence-electron chi connectivity index (χ3n) is 3.07. The van der Waals surface area contributed by atoms with Gasteiger partial charge >= 0.3 is 28.5 Å². The minimum Gasteiger partial charge on any atom is -0.486 e. The normalized spacial score (nSPS) is 10.9.